The quantitative estimate of drug-likeness (QED) is 0.400. The summed E-state index contributed by atoms with van der Waals surface area (Å²) in [6.45, 7) is 2.72. The van der Waals surface area contributed by atoms with E-state index in [-0.39, 0.29) is 25.3 Å². The Kier molecular flexibility index (Phi) is 8.93. The molecule has 4 amide bonds. The second kappa shape index (κ2) is 12.5. The van der Waals surface area contributed by atoms with Gasteiger partial charge in [0, 0.05) is 51.8 Å². The maximum Gasteiger partial charge on any atom is 0.242 e. The minimum absolute atomic E-state index is 0.0340. The number of carbonyl (C=O) groups is 4. The van der Waals surface area contributed by atoms with E-state index in [9.17, 15) is 19.2 Å². The van der Waals surface area contributed by atoms with Crippen LogP contribution in [0.1, 0.15) is 37.7 Å². The van der Waals surface area contributed by atoms with Crippen LogP contribution in [0.2, 0.25) is 0 Å². The zero-order valence-corrected chi connectivity index (χ0v) is 21.6. The summed E-state index contributed by atoms with van der Waals surface area (Å²) in [6, 6.07) is 14.2. The van der Waals surface area contributed by atoms with Crippen molar-refractivity contribution in [2.24, 2.45) is 11.1 Å². The SMILES string of the molecule is NC(=O)C1(C(=O)N[C@H](Cc2ccccc2)C(=O)NCCC(=O)N2CCN(c3ccccn3)CC2)CCCC1. The van der Waals surface area contributed by atoms with Crippen molar-refractivity contribution in [3.05, 3.63) is 60.3 Å². The normalized spacial score (nSPS) is 17.5. The van der Waals surface area contributed by atoms with Crippen LogP contribution in [0.3, 0.4) is 0 Å². The summed E-state index contributed by atoms with van der Waals surface area (Å²) in [7, 11) is 0. The average molecular weight is 521 g/mol. The molecule has 202 valence electrons. The summed E-state index contributed by atoms with van der Waals surface area (Å²) in [5, 5.41) is 5.60. The molecule has 1 aromatic heterocycles. The smallest absolute Gasteiger partial charge is 0.242 e. The minimum Gasteiger partial charge on any atom is -0.369 e. The molecular weight excluding hydrogens is 484 g/mol. The number of nitrogens with two attached hydrogens (primary N) is 1. The van der Waals surface area contributed by atoms with Crippen LogP contribution in [-0.2, 0) is 25.6 Å². The van der Waals surface area contributed by atoms with E-state index in [2.05, 4.69) is 20.5 Å². The number of carbonyl (C=O) groups excluding carboxylic acids is 4. The average Bonchev–Trinajstić information content (AvgIpc) is 3.46. The van der Waals surface area contributed by atoms with Crippen molar-refractivity contribution in [1.82, 2.24) is 20.5 Å². The van der Waals surface area contributed by atoms with Gasteiger partial charge in [-0.3, -0.25) is 19.2 Å². The standard InChI is InChI=1S/C28H36N6O4/c29-26(37)28(12-5-6-13-28)27(38)32-22(20-21-8-2-1-3-9-21)25(36)31-15-11-24(35)34-18-16-33(17-19-34)23-10-4-7-14-30-23/h1-4,7-10,14,22H,5-6,11-13,15-20H2,(H2,29,37)(H,31,36)(H,32,38)/t22-/m1/s1. The fraction of sp³-hybridized carbons (Fsp3) is 0.464. The van der Waals surface area contributed by atoms with Gasteiger partial charge in [0.1, 0.15) is 17.3 Å². The van der Waals surface area contributed by atoms with Gasteiger partial charge in [-0.1, -0.05) is 49.2 Å². The first kappa shape index (κ1) is 27.1. The van der Waals surface area contributed by atoms with Gasteiger partial charge >= 0.3 is 0 Å². The molecule has 1 saturated carbocycles. The summed E-state index contributed by atoms with van der Waals surface area (Å²) in [6.07, 6.45) is 4.42. The van der Waals surface area contributed by atoms with Crippen molar-refractivity contribution < 1.29 is 19.2 Å². The molecule has 1 aromatic carbocycles. The zero-order valence-electron chi connectivity index (χ0n) is 21.6. The molecule has 2 aliphatic rings. The van der Waals surface area contributed by atoms with Crippen molar-refractivity contribution in [2.75, 3.05) is 37.6 Å². The Morgan fingerprint density at radius 1 is 0.947 bits per heavy atom. The Bertz CT molecular complexity index is 1110. The van der Waals surface area contributed by atoms with E-state index in [4.69, 9.17) is 5.73 Å². The molecule has 0 radical (unpaired) electrons. The predicted octanol–water partition coefficient (Wildman–Crippen LogP) is 1.01. The summed E-state index contributed by atoms with van der Waals surface area (Å²) >= 11 is 0. The van der Waals surface area contributed by atoms with Crippen LogP contribution in [0.15, 0.2) is 54.7 Å². The molecule has 0 bridgehead atoms. The lowest BCUT2D eigenvalue weighted by Crippen LogP contribution is -2.55. The van der Waals surface area contributed by atoms with E-state index in [0.717, 1.165) is 24.2 Å². The largest absolute Gasteiger partial charge is 0.369 e. The lowest BCUT2D eigenvalue weighted by Gasteiger charge is -2.35. The summed E-state index contributed by atoms with van der Waals surface area (Å²) in [5.74, 6) is -0.685. The molecule has 4 N–H and O–H groups in total. The van der Waals surface area contributed by atoms with E-state index < -0.39 is 29.2 Å². The summed E-state index contributed by atoms with van der Waals surface area (Å²) < 4.78 is 0. The first-order chi connectivity index (χ1) is 18.4. The second-order valence-electron chi connectivity index (χ2n) is 9.97. The molecule has 38 heavy (non-hydrogen) atoms. The maximum atomic E-state index is 13.2. The van der Waals surface area contributed by atoms with E-state index in [1.54, 1.807) is 11.1 Å². The van der Waals surface area contributed by atoms with E-state index in [0.29, 0.717) is 39.0 Å². The number of benzene rings is 1. The topological polar surface area (TPSA) is 138 Å². The van der Waals surface area contributed by atoms with Crippen molar-refractivity contribution in [1.29, 1.82) is 0 Å². The van der Waals surface area contributed by atoms with Crippen molar-refractivity contribution in [2.45, 2.75) is 44.6 Å². The number of piperazine rings is 1. The molecule has 0 unspecified atom stereocenters. The van der Waals surface area contributed by atoms with Gasteiger partial charge in [-0.15, -0.1) is 0 Å². The first-order valence-corrected chi connectivity index (χ1v) is 13.3. The number of pyridine rings is 1. The number of amides is 4. The Morgan fingerprint density at radius 2 is 1.63 bits per heavy atom. The van der Waals surface area contributed by atoms with E-state index >= 15 is 0 Å². The first-order valence-electron chi connectivity index (χ1n) is 13.3. The molecular formula is C28H36N6O4. The van der Waals surface area contributed by atoms with Crippen LogP contribution in [0.25, 0.3) is 0 Å². The number of nitrogens with zero attached hydrogens (tertiary/aromatic N) is 3. The third-order valence-electron chi connectivity index (χ3n) is 7.51. The third kappa shape index (κ3) is 6.48. The lowest BCUT2D eigenvalue weighted by atomic mass is 9.84. The Morgan fingerprint density at radius 3 is 2.26 bits per heavy atom. The number of anilines is 1. The Labute approximate surface area is 223 Å². The van der Waals surface area contributed by atoms with Gasteiger partial charge in [0.15, 0.2) is 0 Å². The highest BCUT2D eigenvalue weighted by atomic mass is 16.2. The van der Waals surface area contributed by atoms with Gasteiger partial charge < -0.3 is 26.2 Å². The van der Waals surface area contributed by atoms with Crippen molar-refractivity contribution in [3.8, 4) is 0 Å². The highest BCUT2D eigenvalue weighted by Gasteiger charge is 2.47. The van der Waals surface area contributed by atoms with Gasteiger partial charge in [-0.05, 0) is 30.5 Å². The van der Waals surface area contributed by atoms with Crippen LogP contribution >= 0.6 is 0 Å². The number of primary amides is 1. The number of aromatic nitrogens is 1. The molecule has 1 saturated heterocycles. The number of rotatable bonds is 10. The molecule has 2 fully saturated rings. The van der Waals surface area contributed by atoms with Crippen LogP contribution in [0.4, 0.5) is 5.82 Å². The molecule has 4 rings (SSSR count). The Balaban J connectivity index is 1.31. The number of hydrogen-bond donors (Lipinski definition) is 3. The van der Waals surface area contributed by atoms with Crippen LogP contribution in [-0.4, -0.2) is 72.3 Å². The summed E-state index contributed by atoms with van der Waals surface area (Å²) in [5.41, 5.74) is 5.21. The monoisotopic (exact) mass is 520 g/mol. The van der Waals surface area contributed by atoms with Gasteiger partial charge in [0.05, 0.1) is 0 Å². The predicted molar refractivity (Wildman–Crippen MR) is 143 cm³/mol. The highest BCUT2D eigenvalue weighted by molar-refractivity contribution is 6.05. The van der Waals surface area contributed by atoms with Crippen molar-refractivity contribution >= 4 is 29.4 Å². The second-order valence-corrected chi connectivity index (χ2v) is 9.97. The van der Waals surface area contributed by atoms with E-state index in [1.807, 2.05) is 48.5 Å². The molecule has 10 nitrogen and oxygen atoms in total. The molecule has 2 heterocycles. The lowest BCUT2D eigenvalue weighted by molar-refractivity contribution is -0.143. The van der Waals surface area contributed by atoms with Gasteiger partial charge in [0.25, 0.3) is 0 Å². The molecule has 10 heteroatoms. The van der Waals surface area contributed by atoms with E-state index in [1.165, 1.54) is 0 Å². The van der Waals surface area contributed by atoms with Gasteiger partial charge in [0.2, 0.25) is 23.6 Å². The van der Waals surface area contributed by atoms with Crippen molar-refractivity contribution in [3.63, 3.8) is 0 Å². The highest BCUT2D eigenvalue weighted by Crippen LogP contribution is 2.38. The molecule has 1 atom stereocenters. The van der Waals surface area contributed by atoms with Gasteiger partial charge in [-0.25, -0.2) is 4.98 Å². The van der Waals surface area contributed by atoms with Crippen LogP contribution in [0, 0.1) is 5.41 Å². The number of nitrogens with one attached hydrogen (secondary N) is 2. The minimum atomic E-state index is -1.28. The molecule has 1 aliphatic heterocycles. The maximum absolute atomic E-state index is 13.2. The molecule has 1 aliphatic carbocycles. The molecule has 2 aromatic rings. The third-order valence-corrected chi connectivity index (χ3v) is 7.51. The summed E-state index contributed by atoms with van der Waals surface area (Å²) in [4.78, 5) is 59.6. The molecule has 0 spiro atoms. The fourth-order valence-corrected chi connectivity index (χ4v) is 5.22. The Hall–Kier alpha value is -3.95. The number of hydrogen-bond acceptors (Lipinski definition) is 6. The fourth-order valence-electron chi connectivity index (χ4n) is 5.22. The van der Waals surface area contributed by atoms with Crippen LogP contribution < -0.4 is 21.3 Å². The zero-order chi connectivity index (χ0) is 27.0. The van der Waals surface area contributed by atoms with Gasteiger partial charge in [-0.2, -0.15) is 0 Å². The van der Waals surface area contributed by atoms with Crippen LogP contribution in [0.5, 0.6) is 0 Å².